The molecule has 0 radical (unpaired) electrons. The van der Waals surface area contributed by atoms with Gasteiger partial charge in [0, 0.05) is 25.1 Å². The number of carbonyl (C=O) groups excluding carboxylic acids is 1. The lowest BCUT2D eigenvalue weighted by molar-refractivity contribution is -0.253. The van der Waals surface area contributed by atoms with E-state index in [9.17, 15) is 9.90 Å². The molecule has 3 atom stereocenters. The van der Waals surface area contributed by atoms with E-state index in [1.54, 1.807) is 6.08 Å². The van der Waals surface area contributed by atoms with Crippen molar-refractivity contribution in [2.45, 2.75) is 129 Å². The third-order valence-electron chi connectivity index (χ3n) is 10.00. The number of alkyl carbamates (subject to hydrolysis) is 1. The average Bonchev–Trinajstić information content (AvgIpc) is 3.18. The molecule has 4 rings (SSSR count). The van der Waals surface area contributed by atoms with Crippen molar-refractivity contribution in [2.75, 3.05) is 26.2 Å². The minimum absolute atomic E-state index is 0.0220. The number of unbranched alkanes of at least 4 members (excludes halogenated alkanes) is 10. The Hall–Kier alpha value is -3.49. The highest BCUT2D eigenvalue weighted by molar-refractivity contribution is 5.70. The van der Waals surface area contributed by atoms with Gasteiger partial charge < -0.3 is 29.5 Å². The minimum atomic E-state index is -0.503. The topological polar surface area (TPSA) is 80.3 Å². The summed E-state index contributed by atoms with van der Waals surface area (Å²) in [7, 11) is 0. The summed E-state index contributed by atoms with van der Waals surface area (Å²) in [5, 5.41) is 12.5. The number of hydrogen-bond acceptors (Lipinski definition) is 6. The zero-order valence-corrected chi connectivity index (χ0v) is 31.9. The summed E-state index contributed by atoms with van der Waals surface area (Å²) in [6.45, 7) is 11.8. The summed E-state index contributed by atoms with van der Waals surface area (Å²) in [6, 6.07) is 24.6. The van der Waals surface area contributed by atoms with Gasteiger partial charge >= 0.3 is 6.09 Å². The van der Waals surface area contributed by atoms with Crippen molar-refractivity contribution in [2.24, 2.45) is 0 Å². The summed E-state index contributed by atoms with van der Waals surface area (Å²) in [6.07, 6.45) is 16.8. The molecule has 3 aromatic carbocycles. The zero-order chi connectivity index (χ0) is 36.8. The number of aliphatic hydroxyl groups excluding tert-OH is 1. The van der Waals surface area contributed by atoms with Gasteiger partial charge in [-0.25, -0.2) is 4.79 Å². The van der Waals surface area contributed by atoms with Crippen molar-refractivity contribution in [3.63, 3.8) is 0 Å². The number of nitrogens with zero attached hydrogens (tertiary/aromatic N) is 1. The first kappa shape index (κ1) is 41.3. The molecule has 0 aliphatic carbocycles. The molecule has 1 aliphatic rings. The third-order valence-corrected chi connectivity index (χ3v) is 10.00. The number of aliphatic hydroxyl groups is 1. The van der Waals surface area contributed by atoms with Crippen LogP contribution in [-0.2, 0) is 27.4 Å². The highest BCUT2D eigenvalue weighted by atomic mass is 16.7. The number of carbonyl (C=O) groups is 1. The fourth-order valence-corrected chi connectivity index (χ4v) is 6.98. The van der Waals surface area contributed by atoms with Gasteiger partial charge in [0.15, 0.2) is 6.29 Å². The first-order chi connectivity index (χ1) is 25.5. The molecule has 2 N–H and O–H groups in total. The highest BCUT2D eigenvalue weighted by Gasteiger charge is 2.33. The molecule has 1 aliphatic heterocycles. The Kier molecular flexibility index (Phi) is 19.0. The fourth-order valence-electron chi connectivity index (χ4n) is 6.98. The van der Waals surface area contributed by atoms with Gasteiger partial charge in [0.2, 0.25) is 0 Å². The quantitative estimate of drug-likeness (QED) is 0.0711. The van der Waals surface area contributed by atoms with Crippen LogP contribution in [0.25, 0.3) is 11.1 Å². The predicted molar refractivity (Wildman–Crippen MR) is 212 cm³/mol. The maximum absolute atomic E-state index is 12.1. The Morgan fingerprint density at radius 2 is 1.44 bits per heavy atom. The second kappa shape index (κ2) is 23.9. The monoisotopic (exact) mass is 712 g/mol. The molecule has 7 heteroatoms. The summed E-state index contributed by atoms with van der Waals surface area (Å²) in [5.41, 5.74) is 6.08. The molecule has 0 saturated carbocycles. The molecule has 0 bridgehead atoms. The van der Waals surface area contributed by atoms with Crippen LogP contribution < -0.4 is 5.32 Å². The lowest BCUT2D eigenvalue weighted by Gasteiger charge is -2.38. The molecule has 0 unspecified atom stereocenters. The minimum Gasteiger partial charge on any atom is -0.445 e. The van der Waals surface area contributed by atoms with Gasteiger partial charge in [-0.2, -0.15) is 0 Å². The Labute approximate surface area is 313 Å². The van der Waals surface area contributed by atoms with Crippen LogP contribution >= 0.6 is 0 Å². The van der Waals surface area contributed by atoms with Crippen LogP contribution in [0.2, 0.25) is 0 Å². The summed E-state index contributed by atoms with van der Waals surface area (Å²) in [5.74, 6) is 0. The second-order valence-electron chi connectivity index (χ2n) is 14.2. The van der Waals surface area contributed by atoms with Gasteiger partial charge in [0.25, 0.3) is 0 Å². The SMILES string of the molecule is C=CCOC(=O)NCc1ccccc1-c1ccc([C@H]2O[C@@H](CN(CCCCCCCC)CCCCCCCC)C[C@@H](c3ccc(CO)cc3)O2)cc1. The standard InChI is InChI=1S/C45H64N2O5/c1-4-7-9-11-13-17-29-47(30-18-14-12-10-8-5-2)34-41-32-43(38-23-21-36(35-48)22-24-38)52-44(51-41)39-27-25-37(26-28-39)42-20-16-15-19-40(42)33-46-45(49)50-31-6-3/h6,15-16,19-28,41,43-44,48H,3-5,7-14,17-18,29-35H2,1-2H3,(H,46,49)/t41-,43+,44+/m1/s1. The maximum Gasteiger partial charge on any atom is 0.407 e. The van der Waals surface area contributed by atoms with Gasteiger partial charge in [0.1, 0.15) is 6.61 Å². The Morgan fingerprint density at radius 1 is 0.827 bits per heavy atom. The van der Waals surface area contributed by atoms with E-state index in [-0.39, 0.29) is 25.4 Å². The molecule has 1 saturated heterocycles. The number of ether oxygens (including phenoxy) is 3. The van der Waals surface area contributed by atoms with Crippen LogP contribution in [-0.4, -0.2) is 48.4 Å². The maximum atomic E-state index is 12.1. The molecule has 3 aromatic rings. The lowest BCUT2D eigenvalue weighted by atomic mass is 9.97. The molecular formula is C45H64N2O5. The number of hydrogen-bond donors (Lipinski definition) is 2. The van der Waals surface area contributed by atoms with E-state index in [1.165, 1.54) is 77.0 Å². The van der Waals surface area contributed by atoms with E-state index < -0.39 is 12.4 Å². The van der Waals surface area contributed by atoms with Crippen molar-refractivity contribution in [1.29, 1.82) is 0 Å². The molecule has 7 nitrogen and oxygen atoms in total. The number of nitrogens with one attached hydrogen (secondary N) is 1. The average molecular weight is 713 g/mol. The normalized spacial score (nSPS) is 17.3. The third kappa shape index (κ3) is 14.1. The van der Waals surface area contributed by atoms with Gasteiger partial charge in [0.05, 0.1) is 18.8 Å². The molecule has 1 heterocycles. The van der Waals surface area contributed by atoms with Crippen molar-refractivity contribution in [1.82, 2.24) is 10.2 Å². The van der Waals surface area contributed by atoms with Crippen LogP contribution in [0.3, 0.4) is 0 Å². The van der Waals surface area contributed by atoms with E-state index >= 15 is 0 Å². The lowest BCUT2D eigenvalue weighted by Crippen LogP contribution is -2.40. The van der Waals surface area contributed by atoms with Gasteiger partial charge in [-0.05, 0) is 53.7 Å². The highest BCUT2D eigenvalue weighted by Crippen LogP contribution is 2.39. The second-order valence-corrected chi connectivity index (χ2v) is 14.2. The summed E-state index contributed by atoms with van der Waals surface area (Å²) < 4.78 is 18.6. The van der Waals surface area contributed by atoms with Gasteiger partial charge in [-0.1, -0.05) is 164 Å². The fraction of sp³-hybridized carbons (Fsp3) is 0.533. The molecule has 1 fully saturated rings. The van der Waals surface area contributed by atoms with E-state index in [4.69, 9.17) is 14.2 Å². The Morgan fingerprint density at radius 3 is 2.08 bits per heavy atom. The molecular weight excluding hydrogens is 649 g/mol. The van der Waals surface area contributed by atoms with Crippen LogP contribution in [0.5, 0.6) is 0 Å². The van der Waals surface area contributed by atoms with Gasteiger partial charge in [-0.3, -0.25) is 0 Å². The van der Waals surface area contributed by atoms with Gasteiger partial charge in [-0.15, -0.1) is 0 Å². The first-order valence-corrected chi connectivity index (χ1v) is 20.0. The van der Waals surface area contributed by atoms with Crippen LogP contribution in [0.15, 0.2) is 85.5 Å². The molecule has 284 valence electrons. The van der Waals surface area contributed by atoms with E-state index in [0.29, 0.717) is 6.54 Å². The van der Waals surface area contributed by atoms with E-state index in [0.717, 1.165) is 59.4 Å². The van der Waals surface area contributed by atoms with Crippen molar-refractivity contribution < 1.29 is 24.1 Å². The Balaban J connectivity index is 1.49. The summed E-state index contributed by atoms with van der Waals surface area (Å²) in [4.78, 5) is 14.7. The van der Waals surface area contributed by atoms with Crippen molar-refractivity contribution >= 4 is 6.09 Å². The zero-order valence-electron chi connectivity index (χ0n) is 31.9. The molecule has 1 amide bonds. The number of amides is 1. The van der Waals surface area contributed by atoms with Crippen molar-refractivity contribution in [3.8, 4) is 11.1 Å². The van der Waals surface area contributed by atoms with Crippen LogP contribution in [0, 0.1) is 0 Å². The molecule has 0 spiro atoms. The number of benzene rings is 3. The van der Waals surface area contributed by atoms with Crippen LogP contribution in [0.1, 0.15) is 132 Å². The van der Waals surface area contributed by atoms with Crippen LogP contribution in [0.4, 0.5) is 4.79 Å². The molecule has 52 heavy (non-hydrogen) atoms. The smallest absolute Gasteiger partial charge is 0.407 e. The summed E-state index contributed by atoms with van der Waals surface area (Å²) >= 11 is 0. The van der Waals surface area contributed by atoms with E-state index in [1.807, 2.05) is 30.3 Å². The Bertz CT molecular complexity index is 1410. The van der Waals surface area contributed by atoms with Crippen molar-refractivity contribution in [3.05, 3.63) is 108 Å². The van der Waals surface area contributed by atoms with E-state index in [2.05, 4.69) is 73.1 Å². The molecule has 0 aromatic heterocycles. The largest absolute Gasteiger partial charge is 0.445 e. The predicted octanol–water partition coefficient (Wildman–Crippen LogP) is 10.8. The number of rotatable bonds is 24. The first-order valence-electron chi connectivity index (χ1n) is 20.0.